The maximum atomic E-state index is 12.7. The number of aryl methyl sites for hydroxylation is 2. The maximum absolute atomic E-state index is 12.7. The van der Waals surface area contributed by atoms with E-state index in [1.807, 2.05) is 0 Å². The fourth-order valence-electron chi connectivity index (χ4n) is 2.37. The fraction of sp³-hybridized carbons (Fsp3) is 0.286. The van der Waals surface area contributed by atoms with Gasteiger partial charge in [0.15, 0.2) is 0 Å². The fourth-order valence-corrected chi connectivity index (χ4v) is 2.37. The van der Waals surface area contributed by atoms with Crippen molar-refractivity contribution in [2.24, 2.45) is 0 Å². The number of hydrogen-bond acceptors (Lipinski definition) is 2. The third-order valence-electron chi connectivity index (χ3n) is 3.43. The van der Waals surface area contributed by atoms with Crippen LogP contribution in [0.3, 0.4) is 0 Å². The summed E-state index contributed by atoms with van der Waals surface area (Å²) in [6, 6.07) is 4.15. The van der Waals surface area contributed by atoms with Gasteiger partial charge in [0.25, 0.3) is 0 Å². The molecule has 0 fully saturated rings. The predicted molar refractivity (Wildman–Crippen MR) is 64.9 cm³/mol. The number of nitrogens with zero attached hydrogens (tertiary/aromatic N) is 2. The molecular formula is C14H8F6N2. The van der Waals surface area contributed by atoms with Crippen molar-refractivity contribution in [3.63, 3.8) is 0 Å². The summed E-state index contributed by atoms with van der Waals surface area (Å²) in [5.41, 5.74) is -1.60. The summed E-state index contributed by atoms with van der Waals surface area (Å²) in [6.45, 7) is 0. The van der Waals surface area contributed by atoms with Crippen molar-refractivity contribution in [2.75, 3.05) is 0 Å². The quantitative estimate of drug-likeness (QED) is 0.678. The van der Waals surface area contributed by atoms with Crippen LogP contribution in [0.15, 0.2) is 24.3 Å². The van der Waals surface area contributed by atoms with Crippen LogP contribution < -0.4 is 0 Å². The molecule has 0 aliphatic heterocycles. The topological polar surface area (TPSA) is 25.8 Å². The lowest BCUT2D eigenvalue weighted by Crippen LogP contribution is -2.16. The van der Waals surface area contributed by atoms with Gasteiger partial charge in [-0.25, -0.2) is 9.97 Å². The van der Waals surface area contributed by atoms with Gasteiger partial charge in [-0.15, -0.1) is 0 Å². The molecule has 1 aliphatic rings. The maximum Gasteiger partial charge on any atom is 0.433 e. The molecule has 2 aromatic heterocycles. The van der Waals surface area contributed by atoms with Crippen molar-refractivity contribution in [2.45, 2.75) is 25.2 Å². The Morgan fingerprint density at radius 3 is 1.32 bits per heavy atom. The lowest BCUT2D eigenvalue weighted by molar-refractivity contribution is -0.142. The molecule has 0 N–H and O–H groups in total. The minimum atomic E-state index is -4.66. The van der Waals surface area contributed by atoms with Gasteiger partial charge in [0.05, 0.1) is 11.4 Å². The van der Waals surface area contributed by atoms with Crippen LogP contribution in [0, 0.1) is 0 Å². The molecule has 2 aromatic rings. The molecule has 0 atom stereocenters. The summed E-state index contributed by atoms with van der Waals surface area (Å²) in [7, 11) is 0. The molecule has 1 aliphatic carbocycles. The highest BCUT2D eigenvalue weighted by molar-refractivity contribution is 5.66. The highest BCUT2D eigenvalue weighted by atomic mass is 19.4. The normalized spacial score (nSPS) is 14.5. The van der Waals surface area contributed by atoms with Gasteiger partial charge in [0.2, 0.25) is 0 Å². The van der Waals surface area contributed by atoms with Crippen LogP contribution in [-0.4, -0.2) is 9.97 Å². The van der Waals surface area contributed by atoms with Crippen LogP contribution in [0.4, 0.5) is 26.3 Å². The zero-order chi connectivity index (χ0) is 16.1. The molecule has 0 bridgehead atoms. The highest BCUT2D eigenvalue weighted by Gasteiger charge is 2.36. The Labute approximate surface area is 120 Å². The minimum absolute atomic E-state index is 0.123. The molecule has 0 saturated heterocycles. The molecule has 0 aromatic carbocycles. The zero-order valence-electron chi connectivity index (χ0n) is 10.9. The first kappa shape index (κ1) is 14.8. The number of hydrogen-bond donors (Lipinski definition) is 0. The summed E-state index contributed by atoms with van der Waals surface area (Å²) in [5, 5.41) is 0. The standard InChI is InChI=1S/C14H8F6N2/c15-13(16,17)9-5-3-7-1-2-8-4-6-10(14(18,19)20)22-12(8)11(7)21-9/h3-6H,1-2H2. The Hall–Kier alpha value is -2.12. The Morgan fingerprint density at radius 2 is 1.00 bits per heavy atom. The van der Waals surface area contributed by atoms with E-state index < -0.39 is 23.7 Å². The van der Waals surface area contributed by atoms with Crippen molar-refractivity contribution in [3.05, 3.63) is 46.8 Å². The van der Waals surface area contributed by atoms with Crippen molar-refractivity contribution >= 4 is 0 Å². The Morgan fingerprint density at radius 1 is 0.636 bits per heavy atom. The Balaban J connectivity index is 2.18. The van der Waals surface area contributed by atoms with Gasteiger partial charge in [0.1, 0.15) is 11.4 Å². The SMILES string of the molecule is FC(F)(F)c1ccc2c(n1)-c1nc(C(F)(F)F)ccc1CC2. The van der Waals surface area contributed by atoms with E-state index in [2.05, 4.69) is 9.97 Å². The number of aromatic nitrogens is 2. The summed E-state index contributed by atoms with van der Waals surface area (Å²) < 4.78 is 76.4. The van der Waals surface area contributed by atoms with Crippen molar-refractivity contribution in [1.29, 1.82) is 0 Å². The predicted octanol–water partition coefficient (Wildman–Crippen LogP) is 4.28. The summed E-state index contributed by atoms with van der Waals surface area (Å²) >= 11 is 0. The first-order chi connectivity index (χ1) is 10.2. The second-order valence-electron chi connectivity index (χ2n) is 4.90. The molecule has 0 radical (unpaired) electrons. The molecule has 0 spiro atoms. The first-order valence-corrected chi connectivity index (χ1v) is 6.31. The van der Waals surface area contributed by atoms with Crippen LogP contribution in [0.25, 0.3) is 11.4 Å². The molecule has 22 heavy (non-hydrogen) atoms. The van der Waals surface area contributed by atoms with E-state index in [0.717, 1.165) is 12.1 Å². The van der Waals surface area contributed by atoms with Crippen LogP contribution in [-0.2, 0) is 25.2 Å². The van der Waals surface area contributed by atoms with Gasteiger partial charge in [0, 0.05) is 0 Å². The van der Waals surface area contributed by atoms with Crippen LogP contribution in [0.2, 0.25) is 0 Å². The lowest BCUT2D eigenvalue weighted by Gasteiger charge is -2.20. The molecule has 0 saturated carbocycles. The van der Waals surface area contributed by atoms with Gasteiger partial charge >= 0.3 is 12.4 Å². The molecule has 116 valence electrons. The smallest absolute Gasteiger partial charge is 0.241 e. The second kappa shape index (κ2) is 4.69. The molecule has 2 nitrogen and oxygen atoms in total. The highest BCUT2D eigenvalue weighted by Crippen LogP contribution is 2.37. The van der Waals surface area contributed by atoms with E-state index in [-0.39, 0.29) is 11.4 Å². The van der Waals surface area contributed by atoms with Crippen molar-refractivity contribution in [1.82, 2.24) is 9.97 Å². The van der Waals surface area contributed by atoms with Gasteiger partial charge in [-0.2, -0.15) is 26.3 Å². The van der Waals surface area contributed by atoms with E-state index in [9.17, 15) is 26.3 Å². The van der Waals surface area contributed by atoms with E-state index in [1.165, 1.54) is 12.1 Å². The number of pyridine rings is 2. The number of rotatable bonds is 0. The van der Waals surface area contributed by atoms with Crippen molar-refractivity contribution in [3.8, 4) is 11.4 Å². The van der Waals surface area contributed by atoms with Crippen LogP contribution >= 0.6 is 0 Å². The van der Waals surface area contributed by atoms with E-state index >= 15 is 0 Å². The second-order valence-corrected chi connectivity index (χ2v) is 4.90. The molecule has 8 heteroatoms. The summed E-state index contributed by atoms with van der Waals surface area (Å²) in [6.07, 6.45) is -8.48. The monoisotopic (exact) mass is 318 g/mol. The van der Waals surface area contributed by atoms with Gasteiger partial charge in [-0.3, -0.25) is 0 Å². The minimum Gasteiger partial charge on any atom is -0.241 e. The third-order valence-corrected chi connectivity index (χ3v) is 3.43. The average molecular weight is 318 g/mol. The van der Waals surface area contributed by atoms with E-state index in [1.54, 1.807) is 0 Å². The summed E-state index contributed by atoms with van der Waals surface area (Å²) in [5.74, 6) is 0. The largest absolute Gasteiger partial charge is 0.433 e. The van der Waals surface area contributed by atoms with E-state index in [0.29, 0.717) is 24.0 Å². The molecular weight excluding hydrogens is 310 g/mol. The summed E-state index contributed by atoms with van der Waals surface area (Å²) in [4.78, 5) is 6.99. The molecule has 0 amide bonds. The average Bonchev–Trinajstić information content (AvgIpc) is 2.44. The van der Waals surface area contributed by atoms with Gasteiger partial charge < -0.3 is 0 Å². The van der Waals surface area contributed by atoms with Crippen LogP contribution in [0.5, 0.6) is 0 Å². The number of alkyl halides is 6. The Kier molecular flexibility index (Phi) is 3.15. The van der Waals surface area contributed by atoms with E-state index in [4.69, 9.17) is 0 Å². The number of halogens is 6. The molecule has 2 heterocycles. The number of fused-ring (bicyclic) bond motifs is 3. The third kappa shape index (κ3) is 2.53. The Bertz CT molecular complexity index is 670. The lowest BCUT2D eigenvalue weighted by atomic mass is 9.92. The van der Waals surface area contributed by atoms with Crippen LogP contribution in [0.1, 0.15) is 22.5 Å². The van der Waals surface area contributed by atoms with Crippen molar-refractivity contribution < 1.29 is 26.3 Å². The zero-order valence-corrected chi connectivity index (χ0v) is 10.9. The molecule has 0 unspecified atom stereocenters. The van der Waals surface area contributed by atoms with Gasteiger partial charge in [-0.05, 0) is 36.1 Å². The first-order valence-electron chi connectivity index (χ1n) is 6.31. The van der Waals surface area contributed by atoms with Gasteiger partial charge in [-0.1, -0.05) is 12.1 Å². The molecule has 3 rings (SSSR count).